The van der Waals surface area contributed by atoms with Crippen molar-refractivity contribution >= 4 is 33.7 Å². The monoisotopic (exact) mass is 337 g/mol. The number of carbonyl (C=O) groups is 1. The summed E-state index contributed by atoms with van der Waals surface area (Å²) in [6, 6.07) is 11.1. The zero-order valence-electron chi connectivity index (χ0n) is 10.3. The van der Waals surface area contributed by atoms with E-state index in [0.717, 1.165) is 15.1 Å². The van der Waals surface area contributed by atoms with Gasteiger partial charge >= 0.3 is 5.97 Å². The van der Waals surface area contributed by atoms with Gasteiger partial charge < -0.3 is 5.11 Å². The third-order valence-electron chi connectivity index (χ3n) is 2.48. The predicted molar refractivity (Wildman–Crippen MR) is 78.8 cm³/mol. The molecule has 0 aliphatic rings. The molecule has 3 nitrogen and oxygen atoms in total. The number of carboxylic acids is 1. The molecule has 2 rings (SSSR count). The van der Waals surface area contributed by atoms with Crippen molar-refractivity contribution in [3.05, 3.63) is 52.1 Å². The highest BCUT2D eigenvalue weighted by Gasteiger charge is 2.09. The zero-order valence-corrected chi connectivity index (χ0v) is 12.7. The highest BCUT2D eigenvalue weighted by Crippen LogP contribution is 2.29. The molecule has 1 heterocycles. The lowest BCUT2D eigenvalue weighted by Gasteiger charge is -2.05. The molecule has 19 heavy (non-hydrogen) atoms. The maximum atomic E-state index is 11.1. The average Bonchev–Trinajstić information content (AvgIpc) is 2.38. The average molecular weight is 338 g/mol. The molecule has 98 valence electrons. The Morgan fingerprint density at radius 2 is 2.16 bits per heavy atom. The number of carboxylic acid groups (broad SMARTS) is 1. The second-order valence-corrected chi connectivity index (χ2v) is 5.91. The number of aryl methyl sites for hydroxylation is 1. The van der Waals surface area contributed by atoms with Crippen LogP contribution in [0.1, 0.15) is 23.0 Å². The number of nitrogens with zero attached hydrogens (tertiary/aromatic N) is 1. The Kier molecular flexibility index (Phi) is 4.61. The second kappa shape index (κ2) is 6.21. The topological polar surface area (TPSA) is 50.2 Å². The molecule has 0 amide bonds. The van der Waals surface area contributed by atoms with Crippen LogP contribution in [0, 0.1) is 0 Å². The Bertz CT molecular complexity index is 616. The van der Waals surface area contributed by atoms with Gasteiger partial charge in [0.15, 0.2) is 0 Å². The normalized spacial score (nSPS) is 10.4. The summed E-state index contributed by atoms with van der Waals surface area (Å²) in [5, 5.41) is 9.80. The van der Waals surface area contributed by atoms with Crippen LogP contribution in [0.25, 0.3) is 0 Å². The SMILES string of the molecule is CCc1cc(C(=O)O)cc(Sc2cccc(Br)c2)n1. The second-order valence-electron chi connectivity index (χ2n) is 3.90. The van der Waals surface area contributed by atoms with Gasteiger partial charge in [-0.05, 0) is 36.8 Å². The van der Waals surface area contributed by atoms with Gasteiger partial charge in [0.25, 0.3) is 0 Å². The van der Waals surface area contributed by atoms with Crippen molar-refractivity contribution in [3.63, 3.8) is 0 Å². The van der Waals surface area contributed by atoms with Crippen molar-refractivity contribution in [1.29, 1.82) is 0 Å². The van der Waals surface area contributed by atoms with Crippen molar-refractivity contribution in [3.8, 4) is 0 Å². The summed E-state index contributed by atoms with van der Waals surface area (Å²) in [6.07, 6.45) is 0.715. The molecule has 0 atom stereocenters. The highest BCUT2D eigenvalue weighted by molar-refractivity contribution is 9.10. The van der Waals surface area contributed by atoms with E-state index in [-0.39, 0.29) is 5.56 Å². The molecule has 5 heteroatoms. The predicted octanol–water partition coefficient (Wildman–Crippen LogP) is 4.26. The first-order chi connectivity index (χ1) is 9.08. The number of benzene rings is 1. The van der Waals surface area contributed by atoms with Crippen molar-refractivity contribution in [2.45, 2.75) is 23.3 Å². The molecule has 0 unspecified atom stereocenters. The van der Waals surface area contributed by atoms with Gasteiger partial charge in [0.05, 0.1) is 5.56 Å². The van der Waals surface area contributed by atoms with E-state index in [1.165, 1.54) is 11.8 Å². The lowest BCUT2D eigenvalue weighted by Crippen LogP contribution is -2.00. The Balaban J connectivity index is 2.34. The largest absolute Gasteiger partial charge is 0.478 e. The van der Waals surface area contributed by atoms with Crippen LogP contribution < -0.4 is 0 Å². The lowest BCUT2D eigenvalue weighted by atomic mass is 10.2. The van der Waals surface area contributed by atoms with E-state index in [1.807, 2.05) is 31.2 Å². The van der Waals surface area contributed by atoms with Gasteiger partial charge in [0, 0.05) is 15.1 Å². The van der Waals surface area contributed by atoms with Crippen LogP contribution in [-0.2, 0) is 6.42 Å². The van der Waals surface area contributed by atoms with Gasteiger partial charge in [0.1, 0.15) is 5.03 Å². The number of aromatic carboxylic acids is 1. The minimum Gasteiger partial charge on any atom is -0.478 e. The minimum atomic E-state index is -0.923. The van der Waals surface area contributed by atoms with E-state index in [4.69, 9.17) is 5.11 Å². The molecule has 1 N–H and O–H groups in total. The molecular weight excluding hydrogens is 326 g/mol. The van der Waals surface area contributed by atoms with Gasteiger partial charge in [-0.3, -0.25) is 0 Å². The lowest BCUT2D eigenvalue weighted by molar-refractivity contribution is 0.0696. The van der Waals surface area contributed by atoms with Crippen LogP contribution in [-0.4, -0.2) is 16.1 Å². The van der Waals surface area contributed by atoms with E-state index < -0.39 is 5.97 Å². The summed E-state index contributed by atoms with van der Waals surface area (Å²) < 4.78 is 0.989. The van der Waals surface area contributed by atoms with Crippen molar-refractivity contribution in [1.82, 2.24) is 4.98 Å². The van der Waals surface area contributed by atoms with Gasteiger partial charge in [-0.1, -0.05) is 40.7 Å². The molecule has 1 aromatic carbocycles. The van der Waals surface area contributed by atoms with Crippen molar-refractivity contribution in [2.75, 3.05) is 0 Å². The van der Waals surface area contributed by atoms with Gasteiger partial charge in [-0.15, -0.1) is 0 Å². The number of aromatic nitrogens is 1. The van der Waals surface area contributed by atoms with E-state index in [1.54, 1.807) is 12.1 Å². The maximum absolute atomic E-state index is 11.1. The van der Waals surface area contributed by atoms with E-state index >= 15 is 0 Å². The molecule has 0 aliphatic carbocycles. The number of hydrogen-bond donors (Lipinski definition) is 1. The quantitative estimate of drug-likeness (QED) is 0.905. The van der Waals surface area contributed by atoms with Gasteiger partial charge in [-0.25, -0.2) is 9.78 Å². The number of halogens is 1. The first kappa shape index (κ1) is 14.1. The highest BCUT2D eigenvalue weighted by atomic mass is 79.9. The first-order valence-electron chi connectivity index (χ1n) is 5.76. The number of hydrogen-bond acceptors (Lipinski definition) is 3. The van der Waals surface area contributed by atoms with Crippen LogP contribution in [0.2, 0.25) is 0 Å². The summed E-state index contributed by atoms with van der Waals surface area (Å²) in [4.78, 5) is 16.5. The van der Waals surface area contributed by atoms with Gasteiger partial charge in [-0.2, -0.15) is 0 Å². The third kappa shape index (κ3) is 3.81. The summed E-state index contributed by atoms with van der Waals surface area (Å²) in [5.74, 6) is -0.923. The fourth-order valence-corrected chi connectivity index (χ4v) is 3.04. The maximum Gasteiger partial charge on any atom is 0.335 e. The zero-order chi connectivity index (χ0) is 13.8. The van der Waals surface area contributed by atoms with Crippen LogP contribution in [0.5, 0.6) is 0 Å². The Labute approximate surface area is 124 Å². The fraction of sp³-hybridized carbons (Fsp3) is 0.143. The summed E-state index contributed by atoms with van der Waals surface area (Å²) in [6.45, 7) is 1.96. The fourth-order valence-electron chi connectivity index (χ4n) is 1.57. The standard InChI is InChI=1S/C14H12BrNO2S/c1-2-11-6-9(14(17)18)7-13(16-11)19-12-5-3-4-10(15)8-12/h3-8H,2H2,1H3,(H,17,18). The van der Waals surface area contributed by atoms with Gasteiger partial charge in [0.2, 0.25) is 0 Å². The molecule has 0 spiro atoms. The van der Waals surface area contributed by atoms with Crippen molar-refractivity contribution in [2.24, 2.45) is 0 Å². The Morgan fingerprint density at radius 3 is 2.79 bits per heavy atom. The molecule has 0 aliphatic heterocycles. The molecule has 0 fully saturated rings. The first-order valence-corrected chi connectivity index (χ1v) is 7.37. The van der Waals surface area contributed by atoms with E-state index in [0.29, 0.717) is 11.4 Å². The Hall–Kier alpha value is -1.33. The van der Waals surface area contributed by atoms with E-state index in [2.05, 4.69) is 20.9 Å². The molecule has 2 aromatic rings. The Morgan fingerprint density at radius 1 is 1.37 bits per heavy atom. The molecule has 0 saturated carbocycles. The number of rotatable bonds is 4. The summed E-state index contributed by atoms with van der Waals surface area (Å²) >= 11 is 4.87. The van der Waals surface area contributed by atoms with E-state index in [9.17, 15) is 4.79 Å². The van der Waals surface area contributed by atoms with Crippen LogP contribution >= 0.6 is 27.7 Å². The summed E-state index contributed by atoms with van der Waals surface area (Å²) in [7, 11) is 0. The molecule has 0 radical (unpaired) electrons. The van der Waals surface area contributed by atoms with Crippen LogP contribution in [0.15, 0.2) is 50.8 Å². The summed E-state index contributed by atoms with van der Waals surface area (Å²) in [5.41, 5.74) is 1.07. The third-order valence-corrected chi connectivity index (χ3v) is 3.88. The van der Waals surface area contributed by atoms with Crippen LogP contribution in [0.3, 0.4) is 0 Å². The molecule has 0 bridgehead atoms. The minimum absolute atomic E-state index is 0.282. The molecular formula is C14H12BrNO2S. The molecule has 0 saturated heterocycles. The van der Waals surface area contributed by atoms with Crippen LogP contribution in [0.4, 0.5) is 0 Å². The molecule has 1 aromatic heterocycles. The van der Waals surface area contributed by atoms with Crippen molar-refractivity contribution < 1.29 is 9.90 Å². The number of pyridine rings is 1. The smallest absolute Gasteiger partial charge is 0.335 e.